The van der Waals surface area contributed by atoms with E-state index in [0.717, 1.165) is 0 Å². The van der Waals surface area contributed by atoms with Crippen molar-refractivity contribution in [3.8, 4) is 0 Å². The Balaban J connectivity index is 2.18. The molecule has 0 radical (unpaired) electrons. The zero-order chi connectivity index (χ0) is 12.3. The molecule has 0 spiro atoms. The Bertz CT molecular complexity index is 372. The minimum absolute atomic E-state index is 0.398. The van der Waals surface area contributed by atoms with E-state index in [0.29, 0.717) is 12.6 Å². The highest BCUT2D eigenvalue weighted by atomic mass is 32.2. The molecule has 0 aromatic heterocycles. The Morgan fingerprint density at radius 3 is 2.53 bits per heavy atom. The molecule has 1 aliphatic heterocycles. The molecule has 1 aromatic carbocycles. The van der Waals surface area contributed by atoms with Crippen molar-refractivity contribution in [3.63, 3.8) is 0 Å². The summed E-state index contributed by atoms with van der Waals surface area (Å²) in [6.45, 7) is 7.39. The highest BCUT2D eigenvalue weighted by Crippen LogP contribution is 2.24. The summed E-state index contributed by atoms with van der Waals surface area (Å²) in [6.07, 6.45) is 0. The molecule has 1 aromatic rings. The maximum atomic E-state index is 5.98. The average molecular weight is 250 g/mol. The minimum atomic E-state index is 0.398. The van der Waals surface area contributed by atoms with Gasteiger partial charge in [0.15, 0.2) is 0 Å². The van der Waals surface area contributed by atoms with Crippen LogP contribution in [0.3, 0.4) is 0 Å². The number of hydrogen-bond acceptors (Lipinski definition) is 3. The number of rotatable bonds is 3. The molecule has 1 atom stereocenters. The lowest BCUT2D eigenvalue weighted by Gasteiger charge is -2.34. The van der Waals surface area contributed by atoms with Crippen LogP contribution in [0.25, 0.3) is 0 Å². The highest BCUT2D eigenvalue weighted by Gasteiger charge is 2.21. The fraction of sp³-hybridized carbons (Fsp3) is 0.571. The van der Waals surface area contributed by atoms with Crippen LogP contribution >= 0.6 is 11.8 Å². The van der Waals surface area contributed by atoms with Crippen LogP contribution in [0.1, 0.15) is 22.7 Å². The van der Waals surface area contributed by atoms with Gasteiger partial charge in [0.2, 0.25) is 0 Å². The SMILES string of the molecule is Cc1ccc(C(CN)N2CCSCC2)cc1C. The Kier molecular flexibility index (Phi) is 4.48. The first kappa shape index (κ1) is 12.9. The minimum Gasteiger partial charge on any atom is -0.329 e. The fourth-order valence-electron chi connectivity index (χ4n) is 2.36. The van der Waals surface area contributed by atoms with Crippen molar-refractivity contribution in [3.05, 3.63) is 34.9 Å². The molecule has 94 valence electrons. The first-order chi connectivity index (χ1) is 8.22. The first-order valence-corrected chi connectivity index (χ1v) is 7.47. The lowest BCUT2D eigenvalue weighted by atomic mass is 10.00. The predicted molar refractivity (Wildman–Crippen MR) is 76.6 cm³/mol. The largest absolute Gasteiger partial charge is 0.329 e. The van der Waals surface area contributed by atoms with Gasteiger partial charge in [-0.2, -0.15) is 11.8 Å². The van der Waals surface area contributed by atoms with Crippen LogP contribution < -0.4 is 5.73 Å². The van der Waals surface area contributed by atoms with Crippen molar-refractivity contribution >= 4 is 11.8 Å². The molecule has 2 nitrogen and oxygen atoms in total. The molecule has 0 aliphatic carbocycles. The van der Waals surface area contributed by atoms with E-state index in [1.54, 1.807) is 0 Å². The zero-order valence-electron chi connectivity index (χ0n) is 10.8. The normalized spacial score (nSPS) is 19.2. The Morgan fingerprint density at radius 1 is 1.24 bits per heavy atom. The van der Waals surface area contributed by atoms with Crippen molar-refractivity contribution in [2.24, 2.45) is 5.73 Å². The Labute approximate surface area is 109 Å². The van der Waals surface area contributed by atoms with Gasteiger partial charge in [-0.3, -0.25) is 4.90 Å². The van der Waals surface area contributed by atoms with Gasteiger partial charge in [0.1, 0.15) is 0 Å². The van der Waals surface area contributed by atoms with Gasteiger partial charge in [-0.05, 0) is 30.5 Å². The highest BCUT2D eigenvalue weighted by molar-refractivity contribution is 7.99. The molecule has 0 bridgehead atoms. The summed E-state index contributed by atoms with van der Waals surface area (Å²) in [6, 6.07) is 7.15. The van der Waals surface area contributed by atoms with Gasteiger partial charge in [0.05, 0.1) is 0 Å². The lowest BCUT2D eigenvalue weighted by Crippen LogP contribution is -2.39. The summed E-state index contributed by atoms with van der Waals surface area (Å²) in [4.78, 5) is 2.53. The van der Waals surface area contributed by atoms with Gasteiger partial charge >= 0.3 is 0 Å². The van der Waals surface area contributed by atoms with E-state index in [1.165, 1.54) is 41.3 Å². The summed E-state index contributed by atoms with van der Waals surface area (Å²) in [5, 5.41) is 0. The number of nitrogens with two attached hydrogens (primary N) is 1. The van der Waals surface area contributed by atoms with Crippen LogP contribution in [0.2, 0.25) is 0 Å². The van der Waals surface area contributed by atoms with Crippen LogP contribution in [0.4, 0.5) is 0 Å². The summed E-state index contributed by atoms with van der Waals surface area (Å²) in [5.74, 6) is 2.47. The maximum absolute atomic E-state index is 5.98. The molecule has 0 amide bonds. The van der Waals surface area contributed by atoms with Crippen molar-refractivity contribution in [2.45, 2.75) is 19.9 Å². The van der Waals surface area contributed by atoms with Gasteiger partial charge < -0.3 is 5.73 Å². The van der Waals surface area contributed by atoms with E-state index < -0.39 is 0 Å². The Hall–Kier alpha value is -0.510. The topological polar surface area (TPSA) is 29.3 Å². The van der Waals surface area contributed by atoms with E-state index in [4.69, 9.17) is 5.73 Å². The van der Waals surface area contributed by atoms with Crippen LogP contribution in [-0.4, -0.2) is 36.0 Å². The molecule has 2 rings (SSSR count). The molecular weight excluding hydrogens is 228 g/mol. The van der Waals surface area contributed by atoms with Gasteiger partial charge in [-0.15, -0.1) is 0 Å². The van der Waals surface area contributed by atoms with Crippen LogP contribution in [0.5, 0.6) is 0 Å². The molecule has 1 fully saturated rings. The molecule has 1 heterocycles. The van der Waals surface area contributed by atoms with Crippen molar-refractivity contribution in [1.29, 1.82) is 0 Å². The molecule has 1 saturated heterocycles. The van der Waals surface area contributed by atoms with Gasteiger partial charge in [-0.25, -0.2) is 0 Å². The van der Waals surface area contributed by atoms with E-state index in [1.807, 2.05) is 11.8 Å². The summed E-state index contributed by atoms with van der Waals surface area (Å²) < 4.78 is 0. The third-order valence-corrected chi connectivity index (χ3v) is 4.57. The molecule has 3 heteroatoms. The number of hydrogen-bond donors (Lipinski definition) is 1. The van der Waals surface area contributed by atoms with Crippen molar-refractivity contribution in [1.82, 2.24) is 4.90 Å². The quantitative estimate of drug-likeness (QED) is 0.893. The van der Waals surface area contributed by atoms with Crippen molar-refractivity contribution < 1.29 is 0 Å². The van der Waals surface area contributed by atoms with Gasteiger partial charge in [0, 0.05) is 37.2 Å². The standard InChI is InChI=1S/C14H22N2S/c1-11-3-4-13(9-12(11)2)14(10-15)16-5-7-17-8-6-16/h3-4,9,14H,5-8,10,15H2,1-2H3. The van der Waals surface area contributed by atoms with E-state index >= 15 is 0 Å². The first-order valence-electron chi connectivity index (χ1n) is 6.31. The van der Waals surface area contributed by atoms with E-state index in [-0.39, 0.29) is 0 Å². The number of aryl methyl sites for hydroxylation is 2. The second-order valence-electron chi connectivity index (χ2n) is 4.74. The predicted octanol–water partition coefficient (Wildman–Crippen LogP) is 2.35. The van der Waals surface area contributed by atoms with E-state index in [9.17, 15) is 0 Å². The molecular formula is C14H22N2S. The maximum Gasteiger partial charge on any atom is 0.0471 e. The summed E-state index contributed by atoms with van der Waals surface area (Å²) >= 11 is 2.04. The van der Waals surface area contributed by atoms with Crippen LogP contribution in [0, 0.1) is 13.8 Å². The summed E-state index contributed by atoms with van der Waals surface area (Å²) in [7, 11) is 0. The van der Waals surface area contributed by atoms with E-state index in [2.05, 4.69) is 36.9 Å². The molecule has 17 heavy (non-hydrogen) atoms. The number of thioether (sulfide) groups is 1. The smallest absolute Gasteiger partial charge is 0.0471 e. The zero-order valence-corrected chi connectivity index (χ0v) is 11.6. The number of benzene rings is 1. The molecule has 0 saturated carbocycles. The van der Waals surface area contributed by atoms with Gasteiger partial charge in [-0.1, -0.05) is 18.2 Å². The third kappa shape index (κ3) is 3.03. The van der Waals surface area contributed by atoms with Crippen LogP contribution in [-0.2, 0) is 0 Å². The molecule has 2 N–H and O–H groups in total. The average Bonchev–Trinajstić information content (AvgIpc) is 2.36. The fourth-order valence-corrected chi connectivity index (χ4v) is 3.29. The second kappa shape index (κ2) is 5.89. The number of nitrogens with zero attached hydrogens (tertiary/aromatic N) is 1. The van der Waals surface area contributed by atoms with Crippen LogP contribution in [0.15, 0.2) is 18.2 Å². The third-order valence-electron chi connectivity index (χ3n) is 3.63. The summed E-state index contributed by atoms with van der Waals surface area (Å²) in [5.41, 5.74) is 10.1. The molecule has 1 aliphatic rings. The molecule has 1 unspecified atom stereocenters. The monoisotopic (exact) mass is 250 g/mol. The second-order valence-corrected chi connectivity index (χ2v) is 5.97. The van der Waals surface area contributed by atoms with Gasteiger partial charge in [0.25, 0.3) is 0 Å². The lowest BCUT2D eigenvalue weighted by molar-refractivity contribution is 0.223. The Morgan fingerprint density at radius 2 is 1.94 bits per heavy atom. The van der Waals surface area contributed by atoms with Crippen molar-refractivity contribution in [2.75, 3.05) is 31.1 Å².